The summed E-state index contributed by atoms with van der Waals surface area (Å²) in [5.41, 5.74) is 4.43. The number of anilines is 1. The Morgan fingerprint density at radius 1 is 1.45 bits per heavy atom. The van der Waals surface area contributed by atoms with Gasteiger partial charge in [0.2, 0.25) is 0 Å². The number of ether oxygens (including phenoxy) is 1. The van der Waals surface area contributed by atoms with Gasteiger partial charge in [-0.25, -0.2) is 13.8 Å². The number of aliphatic hydroxyl groups is 1. The van der Waals surface area contributed by atoms with E-state index in [1.807, 2.05) is 0 Å². The summed E-state index contributed by atoms with van der Waals surface area (Å²) in [6.45, 7) is 0.464. The van der Waals surface area contributed by atoms with Crippen LogP contribution in [0.2, 0.25) is 0 Å². The van der Waals surface area contributed by atoms with Crippen molar-refractivity contribution in [3.05, 3.63) is 53.1 Å². The molecule has 15 heteroatoms. The van der Waals surface area contributed by atoms with Crippen molar-refractivity contribution in [3.63, 3.8) is 0 Å². The number of nitrogens with one attached hydrogen (secondary N) is 1. The first-order chi connectivity index (χ1) is 15.4. The van der Waals surface area contributed by atoms with Gasteiger partial charge in [-0.05, 0) is 25.1 Å². The number of halogens is 2. The summed E-state index contributed by atoms with van der Waals surface area (Å²) in [5, 5.41) is 18.7. The molecule has 6 atom stereocenters. The molecular formula is C18H21ClFN4O8P. The second kappa shape index (κ2) is 9.75. The number of para-hydroxylation sites is 1. The Balaban J connectivity index is 1.80. The number of nitrogens with zero attached hydrogens (tertiary/aromatic N) is 2. The predicted octanol–water partition coefficient (Wildman–Crippen LogP) is 1.25. The summed E-state index contributed by atoms with van der Waals surface area (Å²) in [5.74, 6) is -1.37. The molecule has 1 aromatic heterocycles. The van der Waals surface area contributed by atoms with Gasteiger partial charge < -0.3 is 25.2 Å². The molecule has 1 fully saturated rings. The topological polar surface area (TPSA) is 175 Å². The third-order valence-corrected chi connectivity index (χ3v) is 6.64. The summed E-state index contributed by atoms with van der Waals surface area (Å²) in [6.07, 6.45) is -4.28. The van der Waals surface area contributed by atoms with Crippen molar-refractivity contribution in [2.75, 3.05) is 12.3 Å². The van der Waals surface area contributed by atoms with E-state index in [4.69, 9.17) is 36.2 Å². The van der Waals surface area contributed by atoms with Crippen molar-refractivity contribution in [1.29, 1.82) is 0 Å². The Kier molecular flexibility index (Phi) is 7.42. The molecule has 2 unspecified atom stereocenters. The Labute approximate surface area is 191 Å². The molecule has 0 saturated carbocycles. The fourth-order valence-corrected chi connectivity index (χ4v) is 4.69. The number of nitrogen functional groups attached to an aromatic ring is 1. The van der Waals surface area contributed by atoms with Crippen LogP contribution in [0.25, 0.3) is 0 Å². The molecule has 33 heavy (non-hydrogen) atoms. The van der Waals surface area contributed by atoms with Crippen molar-refractivity contribution in [2.45, 2.75) is 36.5 Å². The quantitative estimate of drug-likeness (QED) is 0.284. The summed E-state index contributed by atoms with van der Waals surface area (Å²) in [7, 11) is -4.36. The molecule has 0 aliphatic carbocycles. The van der Waals surface area contributed by atoms with Gasteiger partial charge in [0, 0.05) is 6.20 Å². The number of benzene rings is 1. The normalized spacial score (nSPS) is 27.6. The lowest BCUT2D eigenvalue weighted by Crippen LogP contribution is -2.41. The van der Waals surface area contributed by atoms with Crippen LogP contribution >= 0.6 is 19.3 Å². The van der Waals surface area contributed by atoms with Crippen LogP contribution in [-0.4, -0.2) is 55.7 Å². The van der Waals surface area contributed by atoms with Crippen LogP contribution in [0.4, 0.5) is 10.2 Å². The molecule has 5 N–H and O–H groups in total. The van der Waals surface area contributed by atoms with Gasteiger partial charge in [0.25, 0.3) is 5.13 Å². The van der Waals surface area contributed by atoms with Crippen LogP contribution in [0.3, 0.4) is 0 Å². The first kappa shape index (κ1) is 25.1. The van der Waals surface area contributed by atoms with Gasteiger partial charge in [-0.15, -0.1) is 0 Å². The molecule has 3 rings (SSSR count). The second-order valence-corrected chi connectivity index (χ2v) is 9.35. The SMILES string of the molecule is CC(NP(=O)(OC[C@H]1O[C@@H](n2ccc(N)nc2=O)[C@@](F)(Cl)[C@@H]1O)Oc1ccccc1)C(=O)O. The minimum atomic E-state index is -4.36. The van der Waals surface area contributed by atoms with E-state index in [9.17, 15) is 19.3 Å². The summed E-state index contributed by atoms with van der Waals surface area (Å²) < 4.78 is 44.9. The number of nitrogens with two attached hydrogens (primary N) is 1. The number of aliphatic carboxylic acids is 1. The fraction of sp³-hybridized carbons (Fsp3) is 0.389. The summed E-state index contributed by atoms with van der Waals surface area (Å²) >= 11 is 5.82. The minimum Gasteiger partial charge on any atom is -0.480 e. The molecule has 1 aliphatic heterocycles. The molecule has 0 spiro atoms. The van der Waals surface area contributed by atoms with Gasteiger partial charge in [0.15, 0.2) is 6.23 Å². The van der Waals surface area contributed by atoms with E-state index in [0.717, 1.165) is 6.20 Å². The number of carboxylic acid groups (broad SMARTS) is 1. The lowest BCUT2D eigenvalue weighted by atomic mass is 10.1. The maximum absolute atomic E-state index is 15.1. The Bertz CT molecular complexity index is 1100. The van der Waals surface area contributed by atoms with Gasteiger partial charge in [-0.3, -0.25) is 13.9 Å². The minimum absolute atomic E-state index is 0.0911. The van der Waals surface area contributed by atoms with Gasteiger partial charge in [-0.2, -0.15) is 10.1 Å². The Morgan fingerprint density at radius 3 is 2.73 bits per heavy atom. The van der Waals surface area contributed by atoms with Crippen LogP contribution in [-0.2, 0) is 18.6 Å². The van der Waals surface area contributed by atoms with Crippen molar-refractivity contribution in [2.24, 2.45) is 0 Å². The van der Waals surface area contributed by atoms with Gasteiger partial charge in [0.1, 0.15) is 29.8 Å². The van der Waals surface area contributed by atoms with E-state index in [1.54, 1.807) is 18.2 Å². The van der Waals surface area contributed by atoms with Crippen LogP contribution in [0.5, 0.6) is 5.75 Å². The molecule has 180 valence electrons. The average molecular weight is 507 g/mol. The van der Waals surface area contributed by atoms with Crippen molar-refractivity contribution >= 4 is 31.1 Å². The van der Waals surface area contributed by atoms with E-state index in [2.05, 4.69) is 10.1 Å². The van der Waals surface area contributed by atoms with Crippen molar-refractivity contribution < 1.29 is 37.7 Å². The average Bonchev–Trinajstić information content (AvgIpc) is 2.96. The number of rotatable bonds is 9. The third kappa shape index (κ3) is 5.69. The molecule has 0 radical (unpaired) electrons. The van der Waals surface area contributed by atoms with E-state index < -0.39 is 55.6 Å². The first-order valence-electron chi connectivity index (χ1n) is 9.49. The number of carbonyl (C=O) groups is 1. The molecule has 0 bridgehead atoms. The maximum Gasteiger partial charge on any atom is 0.459 e. The molecule has 2 heterocycles. The largest absolute Gasteiger partial charge is 0.480 e. The standard InChI is InChI=1S/C18H21ClFN4O8P/c1-10(15(26)27)23-33(29,32-11-5-3-2-4-6-11)30-9-12-14(25)18(19,20)16(31-12)24-8-7-13(21)22-17(24)28/h2-8,10,12,14,16,25H,9H2,1H3,(H,23,29)(H,26,27)(H2,21,22,28)/t10?,12-,14-,16-,18-,33?/m1/s1. The third-order valence-electron chi connectivity index (χ3n) is 4.58. The van der Waals surface area contributed by atoms with Gasteiger partial charge in [0.05, 0.1) is 6.61 Å². The van der Waals surface area contributed by atoms with E-state index >= 15 is 4.39 Å². The van der Waals surface area contributed by atoms with Crippen molar-refractivity contribution in [3.8, 4) is 5.75 Å². The monoisotopic (exact) mass is 506 g/mol. The van der Waals surface area contributed by atoms with Gasteiger partial charge in [-0.1, -0.05) is 29.8 Å². The van der Waals surface area contributed by atoms with Crippen LogP contribution in [0.15, 0.2) is 47.4 Å². The first-order valence-corrected chi connectivity index (χ1v) is 11.4. The molecule has 1 saturated heterocycles. The number of alkyl halides is 2. The number of aromatic nitrogens is 2. The number of hydrogen-bond acceptors (Lipinski definition) is 9. The van der Waals surface area contributed by atoms with Crippen LogP contribution in [0.1, 0.15) is 13.2 Å². The van der Waals surface area contributed by atoms with Gasteiger partial charge >= 0.3 is 19.4 Å². The lowest BCUT2D eigenvalue weighted by Gasteiger charge is -2.24. The Morgan fingerprint density at radius 2 is 2.12 bits per heavy atom. The maximum atomic E-state index is 15.1. The zero-order chi connectivity index (χ0) is 24.4. The molecular weight excluding hydrogens is 486 g/mol. The highest BCUT2D eigenvalue weighted by Crippen LogP contribution is 2.48. The second-order valence-electron chi connectivity index (χ2n) is 7.08. The summed E-state index contributed by atoms with van der Waals surface area (Å²) in [4.78, 5) is 26.7. The smallest absolute Gasteiger partial charge is 0.459 e. The summed E-state index contributed by atoms with van der Waals surface area (Å²) in [6, 6.07) is 7.58. The van der Waals surface area contributed by atoms with E-state index in [1.165, 1.54) is 25.1 Å². The number of carboxylic acids is 1. The molecule has 0 amide bonds. The van der Waals surface area contributed by atoms with E-state index in [0.29, 0.717) is 4.57 Å². The lowest BCUT2D eigenvalue weighted by molar-refractivity contribution is -0.138. The van der Waals surface area contributed by atoms with Crippen molar-refractivity contribution in [1.82, 2.24) is 14.6 Å². The highest BCUT2D eigenvalue weighted by atomic mass is 35.5. The highest BCUT2D eigenvalue weighted by Gasteiger charge is 2.58. The molecule has 1 aliphatic rings. The van der Waals surface area contributed by atoms with E-state index in [-0.39, 0.29) is 11.6 Å². The van der Waals surface area contributed by atoms with Crippen LogP contribution in [0, 0.1) is 0 Å². The number of aliphatic hydroxyl groups excluding tert-OH is 1. The highest BCUT2D eigenvalue weighted by molar-refractivity contribution is 7.52. The zero-order valence-electron chi connectivity index (χ0n) is 17.1. The predicted molar refractivity (Wildman–Crippen MR) is 113 cm³/mol. The fourth-order valence-electron chi connectivity index (χ4n) is 2.88. The van der Waals surface area contributed by atoms with Crippen LogP contribution < -0.4 is 21.0 Å². The molecule has 2 aromatic rings. The molecule has 12 nitrogen and oxygen atoms in total. The number of hydrogen-bond donors (Lipinski definition) is 4. The Hall–Kier alpha value is -2.54. The zero-order valence-corrected chi connectivity index (χ0v) is 18.7. The molecule has 1 aromatic carbocycles.